The second-order valence-electron chi connectivity index (χ2n) is 9.91. The van der Waals surface area contributed by atoms with Crippen LogP contribution in [-0.4, -0.2) is 127 Å². The highest BCUT2D eigenvalue weighted by Gasteiger charge is 2.38. The normalized spacial score (nSPS) is 16.1. The van der Waals surface area contributed by atoms with Crippen molar-refractivity contribution in [3.63, 3.8) is 0 Å². The van der Waals surface area contributed by atoms with Crippen LogP contribution in [0.4, 0.5) is 24.8 Å². The predicted molar refractivity (Wildman–Crippen MR) is 159 cm³/mol. The standard InChI is InChI=1S/C25H30ClN7O6.C2HF3O2/c26-14-4-5-17-16(11-14)19(30-25(29-17)31-24(27)28)13-2-1-3-15(10-13)32-6-8-33(9-7-32)23(39)22(38)21(37)20(36)18(35)12-34;3-2(4,5)1(6)7/h1-5,10-11,18,20-22,34-38H,6-9,12H2,(H4,27,28,29,30,31);(H,6,7)/t18-,20-,21+,22-;/m1./s1. The van der Waals surface area contributed by atoms with Gasteiger partial charge in [0, 0.05) is 47.8 Å². The zero-order valence-electron chi connectivity index (χ0n) is 23.8. The molecule has 4 atom stereocenters. The van der Waals surface area contributed by atoms with Crippen molar-refractivity contribution in [1.29, 1.82) is 0 Å². The number of carbonyl (C=O) groups is 2. The summed E-state index contributed by atoms with van der Waals surface area (Å²) in [4.78, 5) is 37.9. The van der Waals surface area contributed by atoms with E-state index in [1.807, 2.05) is 29.2 Å². The van der Waals surface area contributed by atoms with Gasteiger partial charge in [-0.15, -0.1) is 0 Å². The quantitative estimate of drug-likeness (QED) is 0.112. The van der Waals surface area contributed by atoms with Crippen molar-refractivity contribution in [3.05, 3.63) is 47.5 Å². The van der Waals surface area contributed by atoms with Gasteiger partial charge in [-0.05, 0) is 30.3 Å². The van der Waals surface area contributed by atoms with E-state index < -0.39 is 49.1 Å². The van der Waals surface area contributed by atoms with E-state index in [1.165, 1.54) is 4.90 Å². The largest absolute Gasteiger partial charge is 0.490 e. The minimum absolute atomic E-state index is 0.106. The number of piperazine rings is 1. The summed E-state index contributed by atoms with van der Waals surface area (Å²) in [5.41, 5.74) is 13.9. The molecule has 2 aromatic carbocycles. The molecule has 10 N–H and O–H groups in total. The highest BCUT2D eigenvalue weighted by molar-refractivity contribution is 6.31. The third kappa shape index (κ3) is 9.12. The van der Waals surface area contributed by atoms with Gasteiger partial charge in [-0.3, -0.25) is 4.79 Å². The molecule has 0 spiro atoms. The number of hydrogen-bond donors (Lipinski definition) is 8. The number of anilines is 1. The number of guanidine groups is 1. The molecule has 2 heterocycles. The second-order valence-corrected chi connectivity index (χ2v) is 10.3. The highest BCUT2D eigenvalue weighted by atomic mass is 35.5. The summed E-state index contributed by atoms with van der Waals surface area (Å²) in [6.07, 6.45) is -12.5. The van der Waals surface area contributed by atoms with Crippen LogP contribution in [0.3, 0.4) is 0 Å². The van der Waals surface area contributed by atoms with Gasteiger partial charge in [0.25, 0.3) is 11.9 Å². The number of rotatable bonds is 8. The Morgan fingerprint density at radius 3 is 2.17 bits per heavy atom. The first kappa shape index (κ1) is 36.1. The summed E-state index contributed by atoms with van der Waals surface area (Å²) < 4.78 is 31.7. The molecule has 0 radical (unpaired) electrons. The maximum Gasteiger partial charge on any atom is 0.490 e. The van der Waals surface area contributed by atoms with E-state index in [4.69, 9.17) is 38.1 Å². The number of amides is 1. The summed E-state index contributed by atoms with van der Waals surface area (Å²) in [6.45, 7) is 0.507. The fourth-order valence-corrected chi connectivity index (χ4v) is 4.54. The van der Waals surface area contributed by atoms with Gasteiger partial charge in [-0.1, -0.05) is 23.7 Å². The molecule has 46 heavy (non-hydrogen) atoms. The SMILES string of the molecule is NC(N)=Nc1nc(-c2cccc(N3CCN(C(=O)[C@H](O)[C@@H](O)[C@H](O)[C@H](O)CO)CC3)c2)c2cc(Cl)ccc2n1.O=C(O)C(F)(F)F. The van der Waals surface area contributed by atoms with Crippen molar-refractivity contribution in [2.24, 2.45) is 16.5 Å². The molecule has 0 unspecified atom stereocenters. The van der Waals surface area contributed by atoms with E-state index in [0.29, 0.717) is 34.7 Å². The Bertz CT molecular complexity index is 1570. The summed E-state index contributed by atoms with van der Waals surface area (Å²) in [5.74, 6) is -3.61. The Labute approximate surface area is 263 Å². The van der Waals surface area contributed by atoms with Gasteiger partial charge in [0.15, 0.2) is 12.1 Å². The zero-order valence-corrected chi connectivity index (χ0v) is 24.5. The Hall–Kier alpha value is -4.33. The Balaban J connectivity index is 0.000000738. The predicted octanol–water partition coefficient (Wildman–Crippen LogP) is -0.427. The molecule has 1 aromatic heterocycles. The fourth-order valence-electron chi connectivity index (χ4n) is 4.36. The number of carboxylic acid groups (broad SMARTS) is 1. The van der Waals surface area contributed by atoms with Gasteiger partial charge in [0.05, 0.1) is 17.8 Å². The molecule has 4 rings (SSSR count). The van der Waals surface area contributed by atoms with Crippen LogP contribution in [0, 0.1) is 0 Å². The molecule has 0 bridgehead atoms. The number of aromatic nitrogens is 2. The molecule has 1 aliphatic heterocycles. The lowest BCUT2D eigenvalue weighted by atomic mass is 10.0. The number of benzene rings is 2. The summed E-state index contributed by atoms with van der Waals surface area (Å²) in [6, 6.07) is 12.8. The average molecular weight is 674 g/mol. The maximum atomic E-state index is 12.7. The number of halogens is 4. The maximum absolute atomic E-state index is 12.7. The van der Waals surface area contributed by atoms with Crippen LogP contribution < -0.4 is 16.4 Å². The van der Waals surface area contributed by atoms with Gasteiger partial charge in [-0.25, -0.2) is 14.8 Å². The lowest BCUT2D eigenvalue weighted by Gasteiger charge is -2.38. The Kier molecular flexibility index (Phi) is 12.0. The number of aliphatic hydroxyl groups is 5. The monoisotopic (exact) mass is 673 g/mol. The molecule has 3 aromatic rings. The van der Waals surface area contributed by atoms with Gasteiger partial charge in [0.2, 0.25) is 0 Å². The van der Waals surface area contributed by atoms with Crippen LogP contribution in [0.5, 0.6) is 0 Å². The molecule has 1 saturated heterocycles. The van der Waals surface area contributed by atoms with E-state index in [1.54, 1.807) is 18.2 Å². The van der Waals surface area contributed by atoms with Gasteiger partial charge in [0.1, 0.15) is 18.3 Å². The van der Waals surface area contributed by atoms with Crippen molar-refractivity contribution in [1.82, 2.24) is 14.9 Å². The number of carbonyl (C=O) groups excluding carboxylic acids is 1. The molecule has 1 aliphatic rings. The molecule has 0 aliphatic carbocycles. The van der Waals surface area contributed by atoms with E-state index in [0.717, 1.165) is 11.3 Å². The number of fused-ring (bicyclic) bond motifs is 1. The molecule has 0 saturated carbocycles. The van der Waals surface area contributed by atoms with Gasteiger partial charge >= 0.3 is 12.1 Å². The topological polar surface area (TPSA) is 252 Å². The van der Waals surface area contributed by atoms with E-state index in [9.17, 15) is 38.4 Å². The third-order valence-corrected chi connectivity index (χ3v) is 6.94. The van der Waals surface area contributed by atoms with E-state index in [-0.39, 0.29) is 25.0 Å². The van der Waals surface area contributed by atoms with Crippen LogP contribution in [0.1, 0.15) is 0 Å². The number of aliphatic hydroxyl groups excluding tert-OH is 5. The molecule has 1 amide bonds. The summed E-state index contributed by atoms with van der Waals surface area (Å²) in [5, 5.41) is 56.9. The van der Waals surface area contributed by atoms with Crippen molar-refractivity contribution < 1.29 is 53.4 Å². The van der Waals surface area contributed by atoms with Gasteiger partial charge < -0.3 is 51.9 Å². The second kappa shape index (κ2) is 15.3. The number of carboxylic acids is 1. The zero-order chi connectivity index (χ0) is 34.3. The van der Waals surface area contributed by atoms with Crippen LogP contribution in [0.15, 0.2) is 47.5 Å². The first-order valence-electron chi connectivity index (χ1n) is 13.4. The number of aliphatic imine (C=N–C) groups is 1. The molecule has 15 nitrogen and oxygen atoms in total. The Morgan fingerprint density at radius 1 is 0.978 bits per heavy atom. The number of aliphatic carboxylic acids is 1. The molecule has 19 heteroatoms. The van der Waals surface area contributed by atoms with Crippen molar-refractivity contribution in [2.75, 3.05) is 37.7 Å². The molecular weight excluding hydrogens is 643 g/mol. The van der Waals surface area contributed by atoms with Crippen molar-refractivity contribution >= 4 is 52.0 Å². The first-order chi connectivity index (χ1) is 21.5. The van der Waals surface area contributed by atoms with Crippen molar-refractivity contribution in [3.8, 4) is 11.3 Å². The number of nitrogens with two attached hydrogens (primary N) is 2. The number of hydrogen-bond acceptors (Lipinski definition) is 11. The van der Waals surface area contributed by atoms with Crippen LogP contribution in [-0.2, 0) is 9.59 Å². The van der Waals surface area contributed by atoms with E-state index >= 15 is 0 Å². The molecular formula is C27H31ClF3N7O8. The van der Waals surface area contributed by atoms with Crippen LogP contribution >= 0.6 is 11.6 Å². The average Bonchev–Trinajstić information content (AvgIpc) is 3.02. The number of nitrogens with zero attached hydrogens (tertiary/aromatic N) is 5. The fraction of sp³-hybridized carbons (Fsp3) is 0.370. The minimum Gasteiger partial charge on any atom is -0.475 e. The lowest BCUT2D eigenvalue weighted by Crippen LogP contribution is -2.56. The van der Waals surface area contributed by atoms with Crippen molar-refractivity contribution in [2.45, 2.75) is 30.6 Å². The summed E-state index contributed by atoms with van der Waals surface area (Å²) >= 11 is 6.24. The first-order valence-corrected chi connectivity index (χ1v) is 13.8. The van der Waals surface area contributed by atoms with E-state index in [2.05, 4.69) is 15.0 Å². The van der Waals surface area contributed by atoms with Crippen LogP contribution in [0.25, 0.3) is 22.2 Å². The lowest BCUT2D eigenvalue weighted by molar-refractivity contribution is -0.192. The van der Waals surface area contributed by atoms with Gasteiger partial charge in [-0.2, -0.15) is 18.2 Å². The minimum atomic E-state index is -5.08. The summed E-state index contributed by atoms with van der Waals surface area (Å²) in [7, 11) is 0. The smallest absolute Gasteiger partial charge is 0.475 e. The van der Waals surface area contributed by atoms with Crippen LogP contribution in [0.2, 0.25) is 5.02 Å². The third-order valence-electron chi connectivity index (χ3n) is 6.70. The molecule has 1 fully saturated rings. The Morgan fingerprint density at radius 2 is 1.61 bits per heavy atom. The number of alkyl halides is 3. The molecule has 250 valence electrons. The highest BCUT2D eigenvalue weighted by Crippen LogP contribution is 2.32.